The number of halogens is 2. The van der Waals surface area contributed by atoms with E-state index in [0.29, 0.717) is 37.8 Å². The van der Waals surface area contributed by atoms with Crippen molar-refractivity contribution in [1.82, 2.24) is 24.6 Å². The van der Waals surface area contributed by atoms with E-state index in [9.17, 15) is 13.6 Å². The molecule has 4 rings (SSSR count). The summed E-state index contributed by atoms with van der Waals surface area (Å²) in [6.07, 6.45) is 3.49. The Labute approximate surface area is 160 Å². The minimum absolute atomic E-state index is 0.145. The summed E-state index contributed by atoms with van der Waals surface area (Å²) in [5.41, 5.74) is 0.145. The van der Waals surface area contributed by atoms with Crippen molar-refractivity contribution < 1.29 is 13.6 Å². The number of carbonyl (C=O) groups is 1. The molecule has 0 unspecified atom stereocenters. The van der Waals surface area contributed by atoms with Crippen LogP contribution in [0.3, 0.4) is 0 Å². The van der Waals surface area contributed by atoms with E-state index in [1.807, 2.05) is 25.3 Å². The van der Waals surface area contributed by atoms with Gasteiger partial charge in [0.15, 0.2) is 17.5 Å². The van der Waals surface area contributed by atoms with Crippen LogP contribution in [-0.4, -0.2) is 56.7 Å². The monoisotopic (exact) mass is 384 g/mol. The highest BCUT2D eigenvalue weighted by Crippen LogP contribution is 2.18. The van der Waals surface area contributed by atoms with Gasteiger partial charge in [-0.1, -0.05) is 0 Å². The molecule has 3 aromatic rings. The third-order valence-corrected chi connectivity index (χ3v) is 4.61. The first kappa shape index (κ1) is 18.0. The summed E-state index contributed by atoms with van der Waals surface area (Å²) in [5, 5.41) is 4.19. The van der Waals surface area contributed by atoms with Crippen LogP contribution >= 0.6 is 0 Å². The number of amides is 1. The third-order valence-electron chi connectivity index (χ3n) is 4.61. The highest BCUT2D eigenvalue weighted by atomic mass is 19.2. The molecule has 1 aromatic carbocycles. The molecular formula is C19H18F2N6O. The minimum Gasteiger partial charge on any atom is -0.353 e. The molecule has 0 bridgehead atoms. The molecule has 0 spiro atoms. The van der Waals surface area contributed by atoms with Crippen molar-refractivity contribution >= 4 is 11.7 Å². The quantitative estimate of drug-likeness (QED) is 0.693. The number of anilines is 1. The highest BCUT2D eigenvalue weighted by molar-refractivity contribution is 5.94. The van der Waals surface area contributed by atoms with Crippen LogP contribution in [0.2, 0.25) is 0 Å². The second-order valence-electron chi connectivity index (χ2n) is 6.49. The largest absolute Gasteiger partial charge is 0.353 e. The van der Waals surface area contributed by atoms with Gasteiger partial charge < -0.3 is 9.80 Å². The lowest BCUT2D eigenvalue weighted by Gasteiger charge is -2.35. The Morgan fingerprint density at radius 2 is 1.75 bits per heavy atom. The Balaban J connectivity index is 1.47. The Bertz CT molecular complexity index is 1000. The van der Waals surface area contributed by atoms with Crippen LogP contribution in [0.25, 0.3) is 5.82 Å². The molecule has 1 aliphatic rings. The van der Waals surface area contributed by atoms with Gasteiger partial charge in [0.1, 0.15) is 11.6 Å². The van der Waals surface area contributed by atoms with E-state index in [-0.39, 0.29) is 11.5 Å². The molecule has 1 aliphatic heterocycles. The maximum atomic E-state index is 13.4. The topological polar surface area (TPSA) is 67.2 Å². The molecule has 1 saturated heterocycles. The van der Waals surface area contributed by atoms with Crippen molar-refractivity contribution in [3.8, 4) is 5.82 Å². The molecule has 0 radical (unpaired) electrons. The maximum absolute atomic E-state index is 13.4. The molecule has 0 saturated carbocycles. The van der Waals surface area contributed by atoms with Gasteiger partial charge in [-0.25, -0.2) is 23.4 Å². The lowest BCUT2D eigenvalue weighted by Crippen LogP contribution is -2.49. The summed E-state index contributed by atoms with van der Waals surface area (Å²) < 4.78 is 28.2. The molecule has 3 heterocycles. The van der Waals surface area contributed by atoms with Crippen molar-refractivity contribution in [3.63, 3.8) is 0 Å². The molecule has 1 fully saturated rings. The number of piperazine rings is 1. The molecule has 9 heteroatoms. The van der Waals surface area contributed by atoms with Crippen LogP contribution in [0, 0.1) is 18.6 Å². The molecule has 28 heavy (non-hydrogen) atoms. The van der Waals surface area contributed by atoms with Gasteiger partial charge in [-0.2, -0.15) is 5.10 Å². The SMILES string of the molecule is Cc1nc(N2CCN(C(=O)c3ccc(F)c(F)c3)CC2)cc(-n2cccn2)n1. The fourth-order valence-corrected chi connectivity index (χ4v) is 3.17. The average molecular weight is 384 g/mol. The van der Waals surface area contributed by atoms with Crippen LogP contribution in [-0.2, 0) is 0 Å². The van der Waals surface area contributed by atoms with Crippen molar-refractivity contribution in [2.75, 3.05) is 31.1 Å². The molecule has 1 amide bonds. The van der Waals surface area contributed by atoms with Crippen molar-refractivity contribution in [1.29, 1.82) is 0 Å². The number of nitrogens with zero attached hydrogens (tertiary/aromatic N) is 6. The van der Waals surface area contributed by atoms with E-state index in [1.54, 1.807) is 15.8 Å². The number of hydrogen-bond acceptors (Lipinski definition) is 5. The van der Waals surface area contributed by atoms with E-state index in [1.165, 1.54) is 6.07 Å². The summed E-state index contributed by atoms with van der Waals surface area (Å²) >= 11 is 0. The number of aryl methyl sites for hydroxylation is 1. The van der Waals surface area contributed by atoms with Gasteiger partial charge in [-0.15, -0.1) is 0 Å². The minimum atomic E-state index is -1.02. The molecule has 0 atom stereocenters. The number of benzene rings is 1. The zero-order chi connectivity index (χ0) is 19.7. The summed E-state index contributed by atoms with van der Waals surface area (Å²) in [7, 11) is 0. The van der Waals surface area contributed by atoms with Crippen LogP contribution < -0.4 is 4.90 Å². The Morgan fingerprint density at radius 1 is 1.00 bits per heavy atom. The summed E-state index contributed by atoms with van der Waals surface area (Å²) in [5.74, 6) is -0.232. The highest BCUT2D eigenvalue weighted by Gasteiger charge is 2.24. The first-order chi connectivity index (χ1) is 13.5. The van der Waals surface area contributed by atoms with E-state index >= 15 is 0 Å². The fraction of sp³-hybridized carbons (Fsp3) is 0.263. The number of carbonyl (C=O) groups excluding carboxylic acids is 1. The van der Waals surface area contributed by atoms with E-state index in [2.05, 4.69) is 20.0 Å². The molecule has 144 valence electrons. The molecule has 0 N–H and O–H groups in total. The average Bonchev–Trinajstić information content (AvgIpc) is 3.24. The lowest BCUT2D eigenvalue weighted by atomic mass is 10.1. The van der Waals surface area contributed by atoms with Crippen LogP contribution in [0.5, 0.6) is 0 Å². The first-order valence-corrected chi connectivity index (χ1v) is 8.86. The number of aromatic nitrogens is 4. The van der Waals surface area contributed by atoms with Gasteiger partial charge in [0, 0.05) is 50.2 Å². The Kier molecular flexibility index (Phi) is 4.72. The van der Waals surface area contributed by atoms with Crippen molar-refractivity contribution in [2.45, 2.75) is 6.92 Å². The molecule has 7 nitrogen and oxygen atoms in total. The second kappa shape index (κ2) is 7.34. The van der Waals surface area contributed by atoms with Gasteiger partial charge in [-0.05, 0) is 31.2 Å². The lowest BCUT2D eigenvalue weighted by molar-refractivity contribution is 0.0746. The van der Waals surface area contributed by atoms with Crippen molar-refractivity contribution in [2.24, 2.45) is 0 Å². The summed E-state index contributed by atoms with van der Waals surface area (Å²) in [4.78, 5) is 25.1. The van der Waals surface area contributed by atoms with Gasteiger partial charge >= 0.3 is 0 Å². The number of rotatable bonds is 3. The fourth-order valence-electron chi connectivity index (χ4n) is 3.17. The van der Waals surface area contributed by atoms with E-state index < -0.39 is 11.6 Å². The standard InChI is InChI=1S/C19H18F2N6O/c1-13-23-17(12-18(24-13)27-6-2-5-22-27)25-7-9-26(10-8-25)19(28)14-3-4-15(20)16(21)11-14/h2-6,11-12H,7-10H2,1H3. The second-order valence-corrected chi connectivity index (χ2v) is 6.49. The smallest absolute Gasteiger partial charge is 0.254 e. The summed E-state index contributed by atoms with van der Waals surface area (Å²) in [6.45, 7) is 3.88. The molecule has 0 aliphatic carbocycles. The number of hydrogen-bond donors (Lipinski definition) is 0. The van der Waals surface area contributed by atoms with Crippen LogP contribution in [0.1, 0.15) is 16.2 Å². The Morgan fingerprint density at radius 3 is 2.43 bits per heavy atom. The molecule has 2 aromatic heterocycles. The van der Waals surface area contributed by atoms with Gasteiger partial charge in [0.05, 0.1) is 0 Å². The van der Waals surface area contributed by atoms with Gasteiger partial charge in [-0.3, -0.25) is 4.79 Å². The van der Waals surface area contributed by atoms with Crippen molar-refractivity contribution in [3.05, 3.63) is 65.7 Å². The Hall–Kier alpha value is -3.36. The van der Waals surface area contributed by atoms with E-state index in [0.717, 1.165) is 18.0 Å². The van der Waals surface area contributed by atoms with Crippen LogP contribution in [0.4, 0.5) is 14.6 Å². The predicted molar refractivity (Wildman–Crippen MR) is 98.4 cm³/mol. The first-order valence-electron chi connectivity index (χ1n) is 8.86. The third kappa shape index (κ3) is 3.55. The summed E-state index contributed by atoms with van der Waals surface area (Å²) in [6, 6.07) is 6.89. The predicted octanol–water partition coefficient (Wildman–Crippen LogP) is 2.21. The normalized spacial score (nSPS) is 14.4. The van der Waals surface area contributed by atoms with E-state index in [4.69, 9.17) is 0 Å². The maximum Gasteiger partial charge on any atom is 0.254 e. The van der Waals surface area contributed by atoms with Gasteiger partial charge in [0.2, 0.25) is 0 Å². The zero-order valence-corrected chi connectivity index (χ0v) is 15.2. The zero-order valence-electron chi connectivity index (χ0n) is 15.2. The van der Waals surface area contributed by atoms with Crippen LogP contribution in [0.15, 0.2) is 42.7 Å². The molecular weight excluding hydrogens is 366 g/mol. The van der Waals surface area contributed by atoms with Gasteiger partial charge in [0.25, 0.3) is 5.91 Å².